The maximum atomic E-state index is 12.7. The van der Waals surface area contributed by atoms with E-state index in [1.54, 1.807) is 13.2 Å². The number of benzene rings is 1. The van der Waals surface area contributed by atoms with E-state index in [1.165, 1.54) is 0 Å². The summed E-state index contributed by atoms with van der Waals surface area (Å²) in [6.07, 6.45) is 1.25. The number of amides is 2. The predicted octanol–water partition coefficient (Wildman–Crippen LogP) is 1.84. The summed E-state index contributed by atoms with van der Waals surface area (Å²) < 4.78 is 5.54. The number of piperidine rings is 1. The summed E-state index contributed by atoms with van der Waals surface area (Å²) in [5.74, 6) is -0.299. The van der Waals surface area contributed by atoms with Crippen LogP contribution in [-0.4, -0.2) is 43.7 Å². The van der Waals surface area contributed by atoms with Gasteiger partial charge in [0.05, 0.1) is 0 Å². The molecule has 0 atom stereocenters. The monoisotopic (exact) mass is 333 g/mol. The van der Waals surface area contributed by atoms with E-state index in [9.17, 15) is 9.59 Å². The highest BCUT2D eigenvalue weighted by molar-refractivity contribution is 6.00. The van der Waals surface area contributed by atoms with Crippen LogP contribution in [0.2, 0.25) is 0 Å². The first-order valence-corrected chi connectivity index (χ1v) is 8.37. The third-order valence-electron chi connectivity index (χ3n) is 4.38. The molecule has 0 saturated carbocycles. The maximum Gasteiger partial charge on any atom is 0.256 e. The van der Waals surface area contributed by atoms with E-state index in [-0.39, 0.29) is 17.9 Å². The molecule has 0 radical (unpaired) electrons. The van der Waals surface area contributed by atoms with Gasteiger partial charge >= 0.3 is 0 Å². The van der Waals surface area contributed by atoms with Crippen molar-refractivity contribution in [1.29, 1.82) is 0 Å². The molecule has 2 rings (SSSR count). The van der Waals surface area contributed by atoms with Gasteiger partial charge < -0.3 is 20.7 Å². The van der Waals surface area contributed by atoms with Crippen LogP contribution in [0.1, 0.15) is 42.6 Å². The van der Waals surface area contributed by atoms with Crippen molar-refractivity contribution in [1.82, 2.24) is 10.6 Å². The first kappa shape index (κ1) is 18.4. The Bertz CT molecular complexity index is 608. The molecule has 0 aromatic heterocycles. The highest BCUT2D eigenvalue weighted by Gasteiger charge is 2.39. The Labute approximate surface area is 143 Å². The van der Waals surface area contributed by atoms with Crippen LogP contribution >= 0.6 is 0 Å². The number of carbonyl (C=O) groups excluding carboxylic acids is 2. The zero-order valence-electron chi connectivity index (χ0n) is 14.9. The third-order valence-corrected chi connectivity index (χ3v) is 4.38. The van der Waals surface area contributed by atoms with E-state index in [1.807, 2.05) is 32.9 Å². The molecule has 0 bridgehead atoms. The molecule has 1 aromatic rings. The van der Waals surface area contributed by atoms with Crippen LogP contribution in [0.3, 0.4) is 0 Å². The quantitative estimate of drug-likeness (QED) is 0.768. The second kappa shape index (κ2) is 7.77. The van der Waals surface area contributed by atoms with E-state index in [0.717, 1.165) is 18.7 Å². The van der Waals surface area contributed by atoms with Crippen molar-refractivity contribution in [2.24, 2.45) is 0 Å². The van der Waals surface area contributed by atoms with Gasteiger partial charge in [0.15, 0.2) is 0 Å². The van der Waals surface area contributed by atoms with Crippen molar-refractivity contribution in [2.45, 2.75) is 45.3 Å². The lowest BCUT2D eigenvalue weighted by Gasteiger charge is -2.34. The van der Waals surface area contributed by atoms with E-state index >= 15 is 0 Å². The lowest BCUT2D eigenvalue weighted by molar-refractivity contribution is -0.140. The molecule has 1 saturated heterocycles. The summed E-state index contributed by atoms with van der Waals surface area (Å²) in [6, 6.07) is 5.42. The molecule has 24 heavy (non-hydrogen) atoms. The van der Waals surface area contributed by atoms with Crippen molar-refractivity contribution in [3.05, 3.63) is 29.3 Å². The average Bonchev–Trinajstić information content (AvgIpc) is 2.56. The van der Waals surface area contributed by atoms with Gasteiger partial charge in [-0.15, -0.1) is 0 Å². The van der Waals surface area contributed by atoms with Gasteiger partial charge in [-0.25, -0.2) is 0 Å². The molecule has 3 N–H and O–H groups in total. The van der Waals surface area contributed by atoms with E-state index in [4.69, 9.17) is 4.74 Å². The second-order valence-electron chi connectivity index (χ2n) is 6.56. The predicted molar refractivity (Wildman–Crippen MR) is 94.3 cm³/mol. The van der Waals surface area contributed by atoms with Gasteiger partial charge in [0.2, 0.25) is 0 Å². The van der Waals surface area contributed by atoms with E-state index in [0.29, 0.717) is 24.1 Å². The van der Waals surface area contributed by atoms with Crippen LogP contribution < -0.4 is 16.0 Å². The van der Waals surface area contributed by atoms with Crippen LogP contribution in [-0.2, 0) is 9.53 Å². The minimum absolute atomic E-state index is 0.0571. The maximum absolute atomic E-state index is 12.7. The fourth-order valence-corrected chi connectivity index (χ4v) is 2.88. The highest BCUT2D eigenvalue weighted by Crippen LogP contribution is 2.25. The molecule has 1 aliphatic rings. The number of carbonyl (C=O) groups is 2. The lowest BCUT2D eigenvalue weighted by atomic mass is 9.91. The van der Waals surface area contributed by atoms with Crippen LogP contribution in [0, 0.1) is 6.92 Å². The van der Waals surface area contributed by atoms with Crippen LogP contribution in [0.15, 0.2) is 18.2 Å². The Hall–Kier alpha value is -1.92. The molecule has 1 fully saturated rings. The third kappa shape index (κ3) is 4.13. The minimum Gasteiger partial charge on any atom is -0.368 e. The van der Waals surface area contributed by atoms with Gasteiger partial charge in [-0.2, -0.15) is 0 Å². The summed E-state index contributed by atoms with van der Waals surface area (Å²) in [5, 5.41) is 9.01. The Morgan fingerprint density at radius 1 is 1.25 bits per heavy atom. The molecule has 6 heteroatoms. The van der Waals surface area contributed by atoms with Crippen molar-refractivity contribution in [2.75, 3.05) is 25.5 Å². The molecule has 1 aromatic carbocycles. The number of aryl methyl sites for hydroxylation is 1. The number of nitrogens with one attached hydrogen (secondary N) is 3. The lowest BCUT2D eigenvalue weighted by Crippen LogP contribution is -2.51. The normalized spacial score (nSPS) is 16.7. The smallest absolute Gasteiger partial charge is 0.256 e. The zero-order chi connectivity index (χ0) is 17.7. The Kier molecular flexibility index (Phi) is 5.96. The fraction of sp³-hybridized carbons (Fsp3) is 0.556. The highest BCUT2D eigenvalue weighted by atomic mass is 16.5. The summed E-state index contributed by atoms with van der Waals surface area (Å²) >= 11 is 0. The molecule has 2 amide bonds. The topological polar surface area (TPSA) is 79.5 Å². The first-order chi connectivity index (χ1) is 11.4. The number of rotatable bonds is 5. The summed E-state index contributed by atoms with van der Waals surface area (Å²) in [5.41, 5.74) is 1.23. The van der Waals surface area contributed by atoms with Crippen molar-refractivity contribution in [3.63, 3.8) is 0 Å². The van der Waals surface area contributed by atoms with Gasteiger partial charge in [0.25, 0.3) is 11.8 Å². The molecule has 1 aliphatic heterocycles. The molecule has 0 aliphatic carbocycles. The number of methoxy groups -OCH3 is 1. The number of hydrogen-bond acceptors (Lipinski definition) is 4. The Morgan fingerprint density at radius 3 is 2.50 bits per heavy atom. The minimum atomic E-state index is -0.809. The Morgan fingerprint density at radius 2 is 1.92 bits per heavy atom. The molecule has 132 valence electrons. The van der Waals surface area contributed by atoms with Crippen LogP contribution in [0.4, 0.5) is 5.69 Å². The SMILES string of the molecule is COC1(C(=O)Nc2ccc(C)c(C(=O)NC(C)C)c2)CCNCC1. The number of anilines is 1. The Balaban J connectivity index is 2.17. The molecule has 0 unspecified atom stereocenters. The second-order valence-corrected chi connectivity index (χ2v) is 6.56. The first-order valence-electron chi connectivity index (χ1n) is 8.37. The number of ether oxygens (including phenoxy) is 1. The standard InChI is InChI=1S/C18H27N3O3/c1-12(2)20-16(22)15-11-14(6-5-13(15)3)21-17(23)18(24-4)7-9-19-10-8-18/h5-6,11-12,19H,7-10H2,1-4H3,(H,20,22)(H,21,23). The molecule has 0 spiro atoms. The van der Waals surface area contributed by atoms with E-state index < -0.39 is 5.60 Å². The molecule has 6 nitrogen and oxygen atoms in total. The van der Waals surface area contributed by atoms with Gasteiger partial charge in [-0.1, -0.05) is 6.07 Å². The average molecular weight is 333 g/mol. The van der Waals surface area contributed by atoms with Gasteiger partial charge in [-0.3, -0.25) is 9.59 Å². The van der Waals surface area contributed by atoms with Crippen LogP contribution in [0.5, 0.6) is 0 Å². The van der Waals surface area contributed by atoms with Gasteiger partial charge in [-0.05, 0) is 64.4 Å². The summed E-state index contributed by atoms with van der Waals surface area (Å²) in [7, 11) is 1.57. The van der Waals surface area contributed by atoms with Crippen LogP contribution in [0.25, 0.3) is 0 Å². The van der Waals surface area contributed by atoms with E-state index in [2.05, 4.69) is 16.0 Å². The van der Waals surface area contributed by atoms with Crippen molar-refractivity contribution < 1.29 is 14.3 Å². The molecular formula is C18H27N3O3. The largest absolute Gasteiger partial charge is 0.368 e. The summed E-state index contributed by atoms with van der Waals surface area (Å²) in [6.45, 7) is 7.20. The summed E-state index contributed by atoms with van der Waals surface area (Å²) in [4.78, 5) is 25.0. The molecular weight excluding hydrogens is 306 g/mol. The molecule has 1 heterocycles. The van der Waals surface area contributed by atoms with Crippen molar-refractivity contribution in [3.8, 4) is 0 Å². The van der Waals surface area contributed by atoms with Crippen molar-refractivity contribution >= 4 is 17.5 Å². The fourth-order valence-electron chi connectivity index (χ4n) is 2.88. The zero-order valence-corrected chi connectivity index (χ0v) is 14.9. The van der Waals surface area contributed by atoms with Gasteiger partial charge in [0.1, 0.15) is 5.60 Å². The van der Waals surface area contributed by atoms with Gasteiger partial charge in [0, 0.05) is 24.4 Å². The number of hydrogen-bond donors (Lipinski definition) is 3.